The predicted molar refractivity (Wildman–Crippen MR) is 207 cm³/mol. The highest BCUT2D eigenvalue weighted by atomic mass is 16.5. The van der Waals surface area contributed by atoms with Gasteiger partial charge < -0.3 is 39.7 Å². The number of hydrogen-bond acceptors (Lipinski definition) is 12. The van der Waals surface area contributed by atoms with Crippen molar-refractivity contribution in [3.63, 3.8) is 0 Å². The molecule has 6 aliphatic rings. The van der Waals surface area contributed by atoms with Crippen molar-refractivity contribution >= 4 is 45.8 Å². The van der Waals surface area contributed by atoms with E-state index in [0.717, 1.165) is 104 Å². The van der Waals surface area contributed by atoms with E-state index in [1.54, 1.807) is 12.1 Å². The van der Waals surface area contributed by atoms with Crippen molar-refractivity contribution in [3.8, 4) is 0 Å². The number of carbonyl (C=O) groups excluding carboxylic acids is 4. The first kappa shape index (κ1) is 37.3. The van der Waals surface area contributed by atoms with Crippen LogP contribution in [0.3, 0.4) is 0 Å². The van der Waals surface area contributed by atoms with Gasteiger partial charge in [0.25, 0.3) is 23.6 Å². The Balaban J connectivity index is 1.16. The zero-order chi connectivity index (χ0) is 37.3. The molecule has 2 aromatic rings. The quantitative estimate of drug-likeness (QED) is 0.218. The van der Waals surface area contributed by atoms with E-state index in [2.05, 4.69) is 44.3 Å². The third-order valence-electron chi connectivity index (χ3n) is 12.2. The summed E-state index contributed by atoms with van der Waals surface area (Å²) < 4.78 is 11.8. The lowest BCUT2D eigenvalue weighted by molar-refractivity contribution is 0.0425. The zero-order valence-electron chi connectivity index (χ0n) is 32.0. The molecule has 14 heteroatoms. The Kier molecular flexibility index (Phi) is 11.2. The molecule has 54 heavy (non-hydrogen) atoms. The van der Waals surface area contributed by atoms with Gasteiger partial charge in [0.15, 0.2) is 0 Å². The minimum atomic E-state index is -0.421. The second-order valence-electron chi connectivity index (χ2n) is 16.0. The number of nitrogens with zero attached hydrogens (tertiary/aromatic N) is 6. The van der Waals surface area contributed by atoms with Crippen molar-refractivity contribution in [2.24, 2.45) is 0 Å². The fourth-order valence-corrected chi connectivity index (χ4v) is 8.95. The normalized spacial score (nSPS) is 24.4. The molecule has 0 saturated carbocycles. The van der Waals surface area contributed by atoms with E-state index >= 15 is 0 Å². The highest BCUT2D eigenvalue weighted by molar-refractivity contribution is 6.36. The molecular weight excluding hydrogens is 688 g/mol. The summed E-state index contributed by atoms with van der Waals surface area (Å²) in [4.78, 5) is 70.2. The van der Waals surface area contributed by atoms with Crippen molar-refractivity contribution in [2.45, 2.75) is 50.7 Å². The summed E-state index contributed by atoms with van der Waals surface area (Å²) in [6.07, 6.45) is 4.55. The first-order chi connectivity index (χ1) is 26.3. The van der Waals surface area contributed by atoms with Crippen LogP contribution in [0.25, 0.3) is 10.8 Å². The van der Waals surface area contributed by atoms with Gasteiger partial charge in [-0.1, -0.05) is 0 Å². The van der Waals surface area contributed by atoms with Crippen molar-refractivity contribution in [3.05, 3.63) is 34.4 Å². The topological polar surface area (TPSA) is 130 Å². The molecule has 0 aromatic heterocycles. The van der Waals surface area contributed by atoms with Crippen molar-refractivity contribution in [1.29, 1.82) is 0 Å². The van der Waals surface area contributed by atoms with Crippen LogP contribution < -0.4 is 10.6 Å². The zero-order valence-corrected chi connectivity index (χ0v) is 32.0. The average molecular weight is 745 g/mol. The number of amides is 4. The second-order valence-corrected chi connectivity index (χ2v) is 16.0. The van der Waals surface area contributed by atoms with Gasteiger partial charge in [-0.15, -0.1) is 0 Å². The van der Waals surface area contributed by atoms with Gasteiger partial charge in [0.2, 0.25) is 0 Å². The Morgan fingerprint density at radius 1 is 0.593 bits per heavy atom. The average Bonchev–Trinajstić information content (AvgIpc) is 3.90. The van der Waals surface area contributed by atoms with Gasteiger partial charge in [0, 0.05) is 101 Å². The number of hydrogen-bond donors (Lipinski definition) is 2. The van der Waals surface area contributed by atoms with Crippen LogP contribution in [0, 0.1) is 0 Å². The molecule has 4 fully saturated rings. The van der Waals surface area contributed by atoms with Crippen LogP contribution in [0.4, 0.5) is 11.4 Å². The molecule has 2 N–H and O–H groups in total. The minimum absolute atomic E-state index is 0.158. The summed E-state index contributed by atoms with van der Waals surface area (Å²) >= 11 is 0. The van der Waals surface area contributed by atoms with E-state index in [0.29, 0.717) is 70.7 Å². The first-order valence-corrected chi connectivity index (χ1v) is 20.2. The Morgan fingerprint density at radius 3 is 1.37 bits per heavy atom. The van der Waals surface area contributed by atoms with Gasteiger partial charge in [0.1, 0.15) is 0 Å². The summed E-state index contributed by atoms with van der Waals surface area (Å²) in [6, 6.07) is 3.51. The van der Waals surface area contributed by atoms with Crippen molar-refractivity contribution < 1.29 is 28.7 Å². The Morgan fingerprint density at radius 2 is 1.00 bits per heavy atom. The van der Waals surface area contributed by atoms with Crippen molar-refractivity contribution in [1.82, 2.24) is 29.4 Å². The molecule has 2 aromatic carbocycles. The highest BCUT2D eigenvalue weighted by Gasteiger charge is 2.44. The van der Waals surface area contributed by atoms with E-state index in [-0.39, 0.29) is 25.3 Å². The van der Waals surface area contributed by atoms with Crippen LogP contribution in [0.15, 0.2) is 12.1 Å². The second kappa shape index (κ2) is 16.2. The van der Waals surface area contributed by atoms with Crippen molar-refractivity contribution in [2.75, 3.05) is 130 Å². The lowest BCUT2D eigenvalue weighted by Crippen LogP contribution is -2.47. The number of anilines is 2. The van der Waals surface area contributed by atoms with E-state index in [1.165, 1.54) is 9.80 Å². The summed E-state index contributed by atoms with van der Waals surface area (Å²) in [6.45, 7) is 12.7. The number of piperazine rings is 2. The van der Waals surface area contributed by atoms with Crippen LogP contribution in [0.1, 0.15) is 80.0 Å². The van der Waals surface area contributed by atoms with Gasteiger partial charge in [-0.3, -0.25) is 29.0 Å². The molecule has 4 saturated heterocycles. The molecule has 4 amide bonds. The maximum atomic E-state index is 14.6. The van der Waals surface area contributed by atoms with Crippen LogP contribution >= 0.6 is 0 Å². The predicted octanol–water partition coefficient (Wildman–Crippen LogP) is 2.49. The monoisotopic (exact) mass is 744 g/mol. The van der Waals surface area contributed by atoms with E-state index in [4.69, 9.17) is 9.47 Å². The molecule has 6 aliphatic heterocycles. The molecule has 292 valence electrons. The van der Waals surface area contributed by atoms with Gasteiger partial charge in [-0.05, 0) is 77.8 Å². The van der Waals surface area contributed by atoms with E-state index in [9.17, 15) is 19.2 Å². The van der Waals surface area contributed by atoms with Crippen LogP contribution in [0.5, 0.6) is 0 Å². The molecule has 6 heterocycles. The Labute approximate surface area is 318 Å². The minimum Gasteiger partial charge on any atom is -0.384 e. The molecule has 0 spiro atoms. The fraction of sp³-hybridized carbons (Fsp3) is 0.650. The Bertz CT molecular complexity index is 1630. The summed E-state index contributed by atoms with van der Waals surface area (Å²) in [5.41, 5.74) is 2.39. The number of imide groups is 2. The largest absolute Gasteiger partial charge is 0.384 e. The third-order valence-corrected chi connectivity index (χ3v) is 12.2. The third kappa shape index (κ3) is 7.48. The number of likely N-dealkylation sites (N-methyl/N-ethyl adjacent to an activating group) is 2. The van der Waals surface area contributed by atoms with Gasteiger partial charge in [-0.25, -0.2) is 0 Å². The first-order valence-electron chi connectivity index (χ1n) is 20.2. The molecule has 0 bridgehead atoms. The molecule has 0 aliphatic carbocycles. The smallest absolute Gasteiger partial charge is 0.263 e. The van der Waals surface area contributed by atoms with Gasteiger partial charge >= 0.3 is 0 Å². The molecular formula is C40H56N8O6. The number of ether oxygens (including phenoxy) is 2. The summed E-state index contributed by atoms with van der Waals surface area (Å²) in [7, 11) is 4.29. The standard InChI is InChI=1S/C40H56N8O6/c1-43-13-17-45(18-14-43)11-5-9-41-31-23-29-34-33-30(38(50)47(39(51)35(31)33)25-27-7-3-21-53-27)24-32(42-10-6-12-46-19-15-44(2)16-20-46)36(34)40(52)48(37(29)49)26-28-8-4-22-54-28/h23-24,27-28,41-42H,3-22,25-26H2,1-2H3. The molecule has 8 rings (SSSR count). The highest BCUT2D eigenvalue weighted by Crippen LogP contribution is 2.45. The lowest BCUT2D eigenvalue weighted by Gasteiger charge is -2.35. The lowest BCUT2D eigenvalue weighted by atomic mass is 9.83. The van der Waals surface area contributed by atoms with Crippen LogP contribution in [-0.4, -0.2) is 184 Å². The summed E-state index contributed by atoms with van der Waals surface area (Å²) in [5.74, 6) is -1.68. The van der Waals surface area contributed by atoms with E-state index in [1.807, 2.05) is 0 Å². The number of carbonyl (C=O) groups is 4. The molecule has 2 unspecified atom stereocenters. The SMILES string of the molecule is CN1CCN(CCCNc2cc3c4c(c(NCCCN5CCN(C)CC5)cc5c4c2C(=O)N(CC2CCCO2)C5=O)C(=O)N(CC2CCCO2)C3=O)CC1. The molecule has 2 atom stereocenters. The van der Waals surface area contributed by atoms with Gasteiger partial charge in [0.05, 0.1) is 47.6 Å². The Hall–Kier alpha value is -3.66. The summed E-state index contributed by atoms with van der Waals surface area (Å²) in [5, 5.41) is 7.83. The number of benzene rings is 2. The fourth-order valence-electron chi connectivity index (χ4n) is 8.95. The number of nitrogens with one attached hydrogen (secondary N) is 2. The molecule has 14 nitrogen and oxygen atoms in total. The van der Waals surface area contributed by atoms with Crippen LogP contribution in [-0.2, 0) is 9.47 Å². The maximum Gasteiger partial charge on any atom is 0.263 e. The maximum absolute atomic E-state index is 14.6. The van der Waals surface area contributed by atoms with Gasteiger partial charge in [-0.2, -0.15) is 0 Å². The molecule has 0 radical (unpaired) electrons. The number of rotatable bonds is 14. The van der Waals surface area contributed by atoms with E-state index < -0.39 is 23.6 Å². The van der Waals surface area contributed by atoms with Crippen LogP contribution in [0.2, 0.25) is 0 Å².